The van der Waals surface area contributed by atoms with Crippen LogP contribution in [0.1, 0.15) is 36.6 Å². The van der Waals surface area contributed by atoms with E-state index in [0.717, 1.165) is 10.5 Å². The maximum atomic E-state index is 12.2. The van der Waals surface area contributed by atoms with Crippen LogP contribution in [-0.4, -0.2) is 34.7 Å². The third-order valence-electron chi connectivity index (χ3n) is 3.50. The number of nitrogens with zero attached hydrogens (tertiary/aromatic N) is 2. The molecule has 1 N–H and O–H groups in total. The molecule has 1 aromatic carbocycles. The molecule has 0 saturated carbocycles. The number of hydrogen-bond acceptors (Lipinski definition) is 4. The topological polar surface area (TPSA) is 79.4 Å². The Bertz CT molecular complexity index is 797. The second-order valence-electron chi connectivity index (χ2n) is 5.10. The van der Waals surface area contributed by atoms with Crippen molar-refractivity contribution in [3.8, 4) is 0 Å². The summed E-state index contributed by atoms with van der Waals surface area (Å²) in [6.07, 6.45) is 1.65. The van der Waals surface area contributed by atoms with Crippen LogP contribution in [0.15, 0.2) is 36.5 Å². The first-order chi connectivity index (χ1) is 10.5. The third-order valence-corrected chi connectivity index (χ3v) is 3.50. The summed E-state index contributed by atoms with van der Waals surface area (Å²) in [5.41, 5.74) is 1.86. The summed E-state index contributed by atoms with van der Waals surface area (Å²) < 4.78 is 0. The molecule has 1 aliphatic rings. The van der Waals surface area contributed by atoms with Crippen LogP contribution in [0.25, 0.3) is 0 Å². The number of aromatic nitrogens is 1. The van der Waals surface area contributed by atoms with Crippen LogP contribution in [0, 0.1) is 6.92 Å². The molecule has 0 saturated heterocycles. The maximum Gasteiger partial charge on any atom is 0.261 e. The number of fused-ring (bicyclic) bond motifs is 1. The van der Waals surface area contributed by atoms with Crippen molar-refractivity contribution in [3.63, 3.8) is 0 Å². The summed E-state index contributed by atoms with van der Waals surface area (Å²) >= 11 is 0. The second kappa shape index (κ2) is 5.07. The Morgan fingerprint density at radius 1 is 1.09 bits per heavy atom. The molecule has 0 atom stereocenters. The Hall–Kier alpha value is -3.02. The van der Waals surface area contributed by atoms with E-state index in [1.165, 1.54) is 25.2 Å². The first-order valence-corrected chi connectivity index (χ1v) is 6.68. The Morgan fingerprint density at radius 2 is 1.82 bits per heavy atom. The van der Waals surface area contributed by atoms with E-state index < -0.39 is 5.91 Å². The largest absolute Gasteiger partial charge is 0.307 e. The van der Waals surface area contributed by atoms with Crippen molar-refractivity contribution < 1.29 is 14.4 Å². The highest BCUT2D eigenvalue weighted by Gasteiger charge is 2.33. The number of aryl methyl sites for hydroxylation is 1. The van der Waals surface area contributed by atoms with Gasteiger partial charge < -0.3 is 5.32 Å². The van der Waals surface area contributed by atoms with Crippen molar-refractivity contribution in [2.24, 2.45) is 0 Å². The van der Waals surface area contributed by atoms with Gasteiger partial charge in [0.2, 0.25) is 0 Å². The number of amides is 3. The van der Waals surface area contributed by atoms with E-state index in [0.29, 0.717) is 16.9 Å². The molecule has 2 heterocycles. The zero-order valence-corrected chi connectivity index (χ0v) is 12.1. The summed E-state index contributed by atoms with van der Waals surface area (Å²) in [6.45, 7) is 1.90. The number of hydrogen-bond donors (Lipinski definition) is 1. The molecule has 0 radical (unpaired) electrons. The number of carbonyl (C=O) groups excluding carboxylic acids is 3. The molecule has 0 unspecified atom stereocenters. The highest BCUT2D eigenvalue weighted by atomic mass is 16.2. The Morgan fingerprint density at radius 3 is 2.50 bits per heavy atom. The zero-order chi connectivity index (χ0) is 15.9. The minimum Gasteiger partial charge on any atom is -0.307 e. The lowest BCUT2D eigenvalue weighted by Gasteiger charge is -2.05. The van der Waals surface area contributed by atoms with Gasteiger partial charge in [0.05, 0.1) is 11.1 Å². The van der Waals surface area contributed by atoms with Gasteiger partial charge in [0, 0.05) is 18.8 Å². The van der Waals surface area contributed by atoms with Crippen molar-refractivity contribution in [1.82, 2.24) is 9.88 Å². The van der Waals surface area contributed by atoms with Crippen LogP contribution in [0.5, 0.6) is 0 Å². The lowest BCUT2D eigenvalue weighted by Crippen LogP contribution is -2.24. The molecule has 0 aliphatic carbocycles. The van der Waals surface area contributed by atoms with Crippen molar-refractivity contribution in [3.05, 3.63) is 58.8 Å². The van der Waals surface area contributed by atoms with Gasteiger partial charge in [-0.15, -0.1) is 0 Å². The van der Waals surface area contributed by atoms with E-state index in [-0.39, 0.29) is 17.4 Å². The maximum absolute atomic E-state index is 12.2. The van der Waals surface area contributed by atoms with Crippen LogP contribution in [0.4, 0.5) is 5.82 Å². The molecule has 6 nitrogen and oxygen atoms in total. The van der Waals surface area contributed by atoms with Crippen LogP contribution >= 0.6 is 0 Å². The Labute approximate surface area is 126 Å². The van der Waals surface area contributed by atoms with Crippen molar-refractivity contribution >= 4 is 23.5 Å². The van der Waals surface area contributed by atoms with Gasteiger partial charge in [0.15, 0.2) is 0 Å². The summed E-state index contributed by atoms with van der Waals surface area (Å²) in [5.74, 6) is -0.708. The van der Waals surface area contributed by atoms with E-state index in [4.69, 9.17) is 0 Å². The molecule has 1 aliphatic heterocycles. The number of carbonyl (C=O) groups is 3. The zero-order valence-electron chi connectivity index (χ0n) is 12.1. The van der Waals surface area contributed by atoms with Crippen LogP contribution < -0.4 is 5.32 Å². The van der Waals surface area contributed by atoms with E-state index in [1.54, 1.807) is 12.3 Å². The van der Waals surface area contributed by atoms with E-state index in [1.807, 2.05) is 13.0 Å². The summed E-state index contributed by atoms with van der Waals surface area (Å²) in [4.78, 5) is 41.1. The minimum atomic E-state index is -0.400. The van der Waals surface area contributed by atoms with Gasteiger partial charge in [-0.3, -0.25) is 19.3 Å². The predicted molar refractivity (Wildman–Crippen MR) is 79.8 cm³/mol. The van der Waals surface area contributed by atoms with Gasteiger partial charge in [0.25, 0.3) is 17.7 Å². The fourth-order valence-corrected chi connectivity index (χ4v) is 2.23. The molecule has 0 spiro atoms. The molecule has 3 rings (SSSR count). The third kappa shape index (κ3) is 2.24. The molecule has 6 heteroatoms. The molecule has 22 heavy (non-hydrogen) atoms. The Kier molecular flexibility index (Phi) is 3.21. The molecule has 0 bridgehead atoms. The van der Waals surface area contributed by atoms with E-state index >= 15 is 0 Å². The standard InChI is InChI=1S/C16H13N3O3/c1-9-3-6-13(17-8-9)18-14(20)10-4-5-11-12(7-10)16(22)19(2)15(11)21/h3-8H,1-2H3,(H,17,18,20). The number of pyridine rings is 1. The first-order valence-electron chi connectivity index (χ1n) is 6.68. The lowest BCUT2D eigenvalue weighted by atomic mass is 10.1. The molecule has 0 fully saturated rings. The molecular weight excluding hydrogens is 282 g/mol. The van der Waals surface area contributed by atoms with Crippen LogP contribution in [0.2, 0.25) is 0 Å². The number of rotatable bonds is 2. The molecule has 2 aromatic rings. The smallest absolute Gasteiger partial charge is 0.261 e. The second-order valence-corrected chi connectivity index (χ2v) is 5.10. The minimum absolute atomic E-state index is 0.247. The molecular formula is C16H13N3O3. The average molecular weight is 295 g/mol. The van der Waals surface area contributed by atoms with Gasteiger partial charge in [-0.25, -0.2) is 4.98 Å². The number of imide groups is 1. The lowest BCUT2D eigenvalue weighted by molar-refractivity contribution is 0.0693. The molecule has 3 amide bonds. The first kappa shape index (κ1) is 13.9. The Balaban J connectivity index is 1.87. The highest BCUT2D eigenvalue weighted by molar-refractivity contribution is 6.22. The van der Waals surface area contributed by atoms with Gasteiger partial charge in [0.1, 0.15) is 5.82 Å². The van der Waals surface area contributed by atoms with Crippen LogP contribution in [-0.2, 0) is 0 Å². The fraction of sp³-hybridized carbons (Fsp3) is 0.125. The van der Waals surface area contributed by atoms with Gasteiger partial charge in [-0.05, 0) is 36.8 Å². The van der Waals surface area contributed by atoms with E-state index in [2.05, 4.69) is 10.3 Å². The highest BCUT2D eigenvalue weighted by Crippen LogP contribution is 2.23. The fourth-order valence-electron chi connectivity index (χ4n) is 2.23. The monoisotopic (exact) mass is 295 g/mol. The summed E-state index contributed by atoms with van der Waals surface area (Å²) in [5, 5.41) is 2.65. The molecule has 1 aromatic heterocycles. The summed E-state index contributed by atoms with van der Waals surface area (Å²) in [6, 6.07) is 7.98. The normalized spacial score (nSPS) is 13.3. The predicted octanol–water partition coefficient (Wildman–Crippen LogP) is 1.87. The van der Waals surface area contributed by atoms with Crippen LogP contribution in [0.3, 0.4) is 0 Å². The van der Waals surface area contributed by atoms with Crippen molar-refractivity contribution in [1.29, 1.82) is 0 Å². The molecule has 110 valence electrons. The number of benzene rings is 1. The van der Waals surface area contributed by atoms with Gasteiger partial charge >= 0.3 is 0 Å². The van der Waals surface area contributed by atoms with Crippen molar-refractivity contribution in [2.45, 2.75) is 6.92 Å². The SMILES string of the molecule is Cc1ccc(NC(=O)c2ccc3c(c2)C(=O)N(C)C3=O)nc1. The van der Waals surface area contributed by atoms with E-state index in [9.17, 15) is 14.4 Å². The van der Waals surface area contributed by atoms with Gasteiger partial charge in [-0.2, -0.15) is 0 Å². The van der Waals surface area contributed by atoms with Gasteiger partial charge in [-0.1, -0.05) is 6.07 Å². The average Bonchev–Trinajstić information content (AvgIpc) is 2.74. The number of nitrogens with one attached hydrogen (secondary N) is 1. The number of anilines is 1. The summed E-state index contributed by atoms with van der Waals surface area (Å²) in [7, 11) is 1.42. The van der Waals surface area contributed by atoms with Crippen molar-refractivity contribution in [2.75, 3.05) is 12.4 Å². The quantitative estimate of drug-likeness (QED) is 0.858.